The number of carbonyl (C=O) groups excluding carboxylic acids is 2. The van der Waals surface area contributed by atoms with Crippen LogP contribution in [0, 0.1) is 0 Å². The first kappa shape index (κ1) is 40.1. The van der Waals surface area contributed by atoms with Crippen LogP contribution in [0.4, 0.5) is 19.2 Å². The van der Waals surface area contributed by atoms with Crippen molar-refractivity contribution in [2.24, 2.45) is 0 Å². The maximum absolute atomic E-state index is 10.8. The molecule has 33 heavy (non-hydrogen) atoms. The number of carboxylic acids is 2. The first-order valence-corrected chi connectivity index (χ1v) is 7.73. The molecule has 0 aliphatic heterocycles. The van der Waals surface area contributed by atoms with Gasteiger partial charge in [0.2, 0.25) is 6.79 Å². The van der Waals surface area contributed by atoms with Crippen molar-refractivity contribution >= 4 is 36.3 Å². The van der Waals surface area contributed by atoms with Crippen LogP contribution in [0.1, 0.15) is 13.8 Å². The minimum Gasteiger partial charge on any atom is -0.478 e. The van der Waals surface area contributed by atoms with Gasteiger partial charge in [0, 0.05) is 50.1 Å². The molecule has 4 amide bonds. The first-order chi connectivity index (χ1) is 14.2. The summed E-state index contributed by atoms with van der Waals surface area (Å²) in [6.45, 7) is 7.74. The fourth-order valence-electron chi connectivity index (χ4n) is 0.623. The van der Waals surface area contributed by atoms with E-state index in [0.717, 1.165) is 0 Å². The van der Waals surface area contributed by atoms with Gasteiger partial charge in [0.15, 0.2) is 0 Å². The van der Waals surface area contributed by atoms with Gasteiger partial charge in [-0.3, -0.25) is 0 Å². The van der Waals surface area contributed by atoms with Crippen molar-refractivity contribution in [3.05, 3.63) is 24.3 Å². The Morgan fingerprint density at radius 2 is 0.879 bits per heavy atom. The number of rotatable bonds is 8. The van der Waals surface area contributed by atoms with Gasteiger partial charge in [0.1, 0.15) is 0 Å². The van der Waals surface area contributed by atoms with Crippen molar-refractivity contribution in [2.45, 2.75) is 13.8 Å². The Labute approximate surface area is 213 Å². The zero-order valence-corrected chi connectivity index (χ0v) is 20.8. The number of hydrogen-bond acceptors (Lipinski definition) is 8. The predicted molar refractivity (Wildman–Crippen MR) is 101 cm³/mol. The minimum absolute atomic E-state index is 0. The Hall–Kier alpha value is -3.25. The van der Waals surface area contributed by atoms with E-state index in [2.05, 4.69) is 22.6 Å². The topological polar surface area (TPSA) is 250 Å². The number of alkyl carbamates (subject to hydrolysis) is 2. The number of carbonyl (C=O) groups is 6. The monoisotopic (exact) mass is 656 g/mol. The van der Waals surface area contributed by atoms with Crippen LogP contribution in [0.25, 0.3) is 0 Å². The zero-order chi connectivity index (χ0) is 25.0. The molecule has 8 N–H and O–H groups in total. The van der Waals surface area contributed by atoms with Gasteiger partial charge in [0.05, 0.1) is 13.3 Å². The molecule has 16 nitrogen and oxygen atoms in total. The van der Waals surface area contributed by atoms with Gasteiger partial charge in [-0.15, -0.1) is 0 Å². The number of hydrogen-bond donors (Lipinski definition) is 8. The van der Waals surface area contributed by atoms with E-state index < -0.39 is 43.1 Å². The Balaban J connectivity index is -0.000000155. The number of carboxylic acid groups (broad SMARTS) is 4. The minimum atomic E-state index is -1.33. The van der Waals surface area contributed by atoms with Gasteiger partial charge >= 0.3 is 36.3 Å². The first-order valence-electron chi connectivity index (χ1n) is 7.73. The molecule has 0 spiro atoms. The second kappa shape index (κ2) is 25.0. The Morgan fingerprint density at radius 1 is 0.636 bits per heavy atom. The normalized spacial score (nSPS) is 7.82. The molecule has 0 saturated heterocycles. The van der Waals surface area contributed by atoms with Crippen molar-refractivity contribution in [3.8, 4) is 0 Å². The SMILES string of the molecule is C=C(C)C(=O)O.C=C(C)C(=O)O.O=C(O)NCNC(=O)OCOC(=O)NCNC(=O)O.[Ru].[Ru]. The molecule has 0 fully saturated rings. The van der Waals surface area contributed by atoms with E-state index in [9.17, 15) is 28.8 Å². The van der Waals surface area contributed by atoms with Crippen molar-refractivity contribution in [1.82, 2.24) is 21.3 Å². The Bertz CT molecular complexity index is 608. The molecular weight excluding hydrogens is 630 g/mol. The van der Waals surface area contributed by atoms with Gasteiger partial charge < -0.3 is 51.2 Å². The summed E-state index contributed by atoms with van der Waals surface area (Å²) in [7, 11) is 0. The van der Waals surface area contributed by atoms with Crippen LogP contribution in [0.2, 0.25) is 0 Å². The third-order valence-electron chi connectivity index (χ3n) is 2.05. The zero-order valence-electron chi connectivity index (χ0n) is 17.3. The molecule has 0 aliphatic rings. The van der Waals surface area contributed by atoms with E-state index in [4.69, 9.17) is 20.4 Å². The number of aliphatic carboxylic acids is 2. The summed E-state index contributed by atoms with van der Waals surface area (Å²) >= 11 is 0. The molecule has 0 aromatic heterocycles. The van der Waals surface area contributed by atoms with E-state index in [0.29, 0.717) is 0 Å². The maximum atomic E-state index is 10.8. The van der Waals surface area contributed by atoms with Gasteiger partial charge in [-0.25, -0.2) is 28.8 Å². The van der Waals surface area contributed by atoms with Crippen LogP contribution >= 0.6 is 0 Å². The quantitative estimate of drug-likeness (QED) is 0.0989. The summed E-state index contributed by atoms with van der Waals surface area (Å²) in [5.41, 5.74) is 0.352. The van der Waals surface area contributed by atoms with Gasteiger partial charge in [-0.05, 0) is 13.8 Å². The summed E-state index contributed by atoms with van der Waals surface area (Å²) in [5.74, 6) is -1.87. The van der Waals surface area contributed by atoms with Gasteiger partial charge in [-0.1, -0.05) is 13.2 Å². The molecule has 0 unspecified atom stereocenters. The average molecular weight is 655 g/mol. The van der Waals surface area contributed by atoms with E-state index >= 15 is 0 Å². The standard InChI is InChI=1S/C7H12N4O8.2C4H6O2.2Ru/c12-4(13)8-1-10-6(16)18-3-19-7(17)11-2-9-5(14)15;2*1-3(2)4(5)6;;/h8-9H,1-3H2,(H,10,16)(H,11,17)(H,12,13)(H,14,15);2*1H2,2H3,(H,5,6);;. The van der Waals surface area contributed by atoms with Crippen molar-refractivity contribution in [2.75, 3.05) is 20.1 Å². The molecule has 0 aromatic rings. The van der Waals surface area contributed by atoms with E-state index in [1.54, 1.807) is 0 Å². The molecule has 0 radical (unpaired) electrons. The van der Waals surface area contributed by atoms with Crippen LogP contribution < -0.4 is 21.3 Å². The van der Waals surface area contributed by atoms with Crippen LogP contribution in [0.5, 0.6) is 0 Å². The van der Waals surface area contributed by atoms with Crippen molar-refractivity contribution in [1.29, 1.82) is 0 Å². The number of ether oxygens (including phenoxy) is 2. The summed E-state index contributed by atoms with van der Waals surface area (Å²) in [6, 6.07) is 0. The Morgan fingerprint density at radius 3 is 1.06 bits per heavy atom. The van der Waals surface area contributed by atoms with E-state index in [-0.39, 0.29) is 63.4 Å². The molecule has 0 rings (SSSR count). The molecule has 0 heterocycles. The molecule has 0 aromatic carbocycles. The fourth-order valence-corrected chi connectivity index (χ4v) is 0.623. The summed E-state index contributed by atoms with van der Waals surface area (Å²) < 4.78 is 8.64. The summed E-state index contributed by atoms with van der Waals surface area (Å²) in [4.78, 5) is 60.9. The second-order valence-corrected chi connectivity index (χ2v) is 4.82. The van der Waals surface area contributed by atoms with Crippen LogP contribution in [-0.4, -0.2) is 76.9 Å². The average Bonchev–Trinajstić information content (AvgIpc) is 2.61. The molecule has 192 valence electrons. The van der Waals surface area contributed by atoms with Gasteiger partial charge in [0.25, 0.3) is 0 Å². The third kappa shape index (κ3) is 39.7. The predicted octanol–water partition coefficient (Wildman–Crippen LogP) is 0.136. The molecule has 0 bridgehead atoms. The number of amides is 4. The number of nitrogens with one attached hydrogen (secondary N) is 4. The third-order valence-corrected chi connectivity index (χ3v) is 2.05. The van der Waals surface area contributed by atoms with E-state index in [1.807, 2.05) is 21.3 Å². The second-order valence-electron chi connectivity index (χ2n) is 4.82. The molecule has 0 aliphatic carbocycles. The summed E-state index contributed by atoms with van der Waals surface area (Å²) in [5, 5.41) is 39.8. The molecule has 18 heteroatoms. The molecule has 0 atom stereocenters. The van der Waals surface area contributed by atoms with Crippen molar-refractivity contribution < 1.29 is 97.6 Å². The largest absolute Gasteiger partial charge is 0.478 e. The maximum Gasteiger partial charge on any atom is 0.411 e. The van der Waals surface area contributed by atoms with Crippen LogP contribution in [0.15, 0.2) is 24.3 Å². The molecular formula is C15H24N4O12Ru2. The molecule has 0 saturated carbocycles. The fraction of sp³-hybridized carbons (Fsp3) is 0.333. The van der Waals surface area contributed by atoms with Gasteiger partial charge in [-0.2, -0.15) is 0 Å². The summed E-state index contributed by atoms with van der Waals surface area (Å²) in [6.07, 6.45) is -4.68. The smallest absolute Gasteiger partial charge is 0.411 e. The van der Waals surface area contributed by atoms with Crippen LogP contribution in [0.3, 0.4) is 0 Å². The van der Waals surface area contributed by atoms with Crippen molar-refractivity contribution in [3.63, 3.8) is 0 Å². The Kier molecular flexibility index (Phi) is 30.4. The van der Waals surface area contributed by atoms with E-state index in [1.165, 1.54) is 13.8 Å². The van der Waals surface area contributed by atoms with Crippen LogP contribution in [-0.2, 0) is 58.0 Å².